The number of aryl methyl sites for hydroxylation is 1. The predicted molar refractivity (Wildman–Crippen MR) is 147 cm³/mol. The molecule has 0 radical (unpaired) electrons. The van der Waals surface area contributed by atoms with Crippen molar-refractivity contribution in [3.05, 3.63) is 47.9 Å². The Labute approximate surface area is 229 Å². The summed E-state index contributed by atoms with van der Waals surface area (Å²) >= 11 is 1.50. The molecule has 6 heterocycles. The summed E-state index contributed by atoms with van der Waals surface area (Å²) in [6.45, 7) is 5.09. The van der Waals surface area contributed by atoms with E-state index in [1.165, 1.54) is 37.0 Å². The molecule has 4 aromatic heterocycles. The summed E-state index contributed by atoms with van der Waals surface area (Å²) in [7, 11) is 0. The van der Waals surface area contributed by atoms with E-state index in [9.17, 15) is 9.59 Å². The van der Waals surface area contributed by atoms with Gasteiger partial charge in [-0.15, -0.1) is 11.3 Å². The van der Waals surface area contributed by atoms with Crippen LogP contribution in [-0.2, 0) is 22.7 Å². The minimum atomic E-state index is -0.278. The van der Waals surface area contributed by atoms with E-state index in [0.717, 1.165) is 40.7 Å². The van der Waals surface area contributed by atoms with E-state index in [2.05, 4.69) is 35.2 Å². The summed E-state index contributed by atoms with van der Waals surface area (Å²) in [5.41, 5.74) is 3.49. The van der Waals surface area contributed by atoms with Gasteiger partial charge in [0.15, 0.2) is 0 Å². The zero-order valence-electron chi connectivity index (χ0n) is 21.8. The number of thiazole rings is 1. The van der Waals surface area contributed by atoms with E-state index in [4.69, 9.17) is 4.74 Å². The Morgan fingerprint density at radius 2 is 1.97 bits per heavy atom. The van der Waals surface area contributed by atoms with Gasteiger partial charge in [-0.25, -0.2) is 9.50 Å². The average Bonchev–Trinajstić information content (AvgIpc) is 3.67. The van der Waals surface area contributed by atoms with Crippen molar-refractivity contribution in [3.63, 3.8) is 0 Å². The SMILES string of the molecule is Cc1ncc(NC(=O)CN2CCCC23CCC3)cc1NC(=O)c1cnn2cc(-c3cnc4n3CCOC4)sc12. The number of nitrogens with zero attached hydrogens (tertiary/aromatic N) is 6. The first kappa shape index (κ1) is 24.4. The van der Waals surface area contributed by atoms with Crippen LogP contribution >= 0.6 is 11.3 Å². The number of fused-ring (bicyclic) bond motifs is 2. The van der Waals surface area contributed by atoms with Gasteiger partial charge in [0, 0.05) is 18.3 Å². The molecule has 2 aliphatic heterocycles. The minimum Gasteiger partial charge on any atom is -0.372 e. The number of hydrogen-bond donors (Lipinski definition) is 2. The second kappa shape index (κ2) is 9.54. The van der Waals surface area contributed by atoms with Crippen LogP contribution in [-0.4, -0.2) is 66.1 Å². The zero-order valence-corrected chi connectivity index (χ0v) is 22.6. The number of ether oxygens (including phenoxy) is 1. The number of likely N-dealkylation sites (tertiary alicyclic amines) is 1. The highest BCUT2D eigenvalue weighted by molar-refractivity contribution is 7.21. The summed E-state index contributed by atoms with van der Waals surface area (Å²) in [4.78, 5) is 39.1. The van der Waals surface area contributed by atoms with Crippen LogP contribution in [0, 0.1) is 6.92 Å². The number of hydrogen-bond acceptors (Lipinski definition) is 8. The number of pyridine rings is 1. The van der Waals surface area contributed by atoms with Crippen LogP contribution in [0.5, 0.6) is 0 Å². The van der Waals surface area contributed by atoms with Crippen molar-refractivity contribution in [2.24, 2.45) is 0 Å². The fourth-order valence-corrected chi connectivity index (χ4v) is 7.12. The fraction of sp³-hybridized carbons (Fsp3) is 0.444. The molecule has 0 aromatic carbocycles. The molecule has 2 N–H and O–H groups in total. The largest absolute Gasteiger partial charge is 0.372 e. The van der Waals surface area contributed by atoms with Gasteiger partial charge < -0.3 is 19.9 Å². The van der Waals surface area contributed by atoms with Crippen LogP contribution in [0.15, 0.2) is 30.9 Å². The Kier molecular flexibility index (Phi) is 5.98. The van der Waals surface area contributed by atoms with Gasteiger partial charge in [0.2, 0.25) is 5.91 Å². The Balaban J connectivity index is 1.07. The van der Waals surface area contributed by atoms with Gasteiger partial charge >= 0.3 is 0 Å². The lowest BCUT2D eigenvalue weighted by Crippen LogP contribution is -2.51. The summed E-state index contributed by atoms with van der Waals surface area (Å²) in [5.74, 6) is 0.571. The summed E-state index contributed by atoms with van der Waals surface area (Å²) < 4.78 is 9.38. The first-order valence-electron chi connectivity index (χ1n) is 13.4. The van der Waals surface area contributed by atoms with E-state index in [-0.39, 0.29) is 17.4 Å². The highest BCUT2D eigenvalue weighted by Crippen LogP contribution is 2.45. The number of imidazole rings is 1. The van der Waals surface area contributed by atoms with Crippen molar-refractivity contribution in [1.82, 2.24) is 29.0 Å². The predicted octanol–water partition coefficient (Wildman–Crippen LogP) is 3.70. The Hall–Kier alpha value is -3.61. The number of nitrogens with one attached hydrogen (secondary N) is 2. The maximum atomic E-state index is 13.3. The molecular formula is C27H30N8O3S. The number of carbonyl (C=O) groups is 2. The minimum absolute atomic E-state index is 0.0517. The third kappa shape index (κ3) is 4.32. The third-order valence-corrected chi connectivity index (χ3v) is 9.43. The number of amides is 2. The third-order valence-electron chi connectivity index (χ3n) is 8.30. The molecule has 0 bridgehead atoms. The van der Waals surface area contributed by atoms with Gasteiger partial charge in [-0.1, -0.05) is 0 Å². The van der Waals surface area contributed by atoms with Crippen LogP contribution < -0.4 is 10.6 Å². The highest BCUT2D eigenvalue weighted by atomic mass is 32.1. The van der Waals surface area contributed by atoms with Crippen LogP contribution in [0.2, 0.25) is 0 Å². The lowest BCUT2D eigenvalue weighted by atomic mass is 9.75. The fourth-order valence-electron chi connectivity index (χ4n) is 6.04. The van der Waals surface area contributed by atoms with E-state index in [1.807, 2.05) is 19.3 Å². The maximum Gasteiger partial charge on any atom is 0.260 e. The monoisotopic (exact) mass is 546 g/mol. The topological polar surface area (TPSA) is 119 Å². The molecule has 11 nitrogen and oxygen atoms in total. The molecule has 2 amide bonds. The molecule has 4 aromatic rings. The van der Waals surface area contributed by atoms with Crippen LogP contribution in [0.3, 0.4) is 0 Å². The van der Waals surface area contributed by atoms with Gasteiger partial charge in [0.1, 0.15) is 17.3 Å². The molecular weight excluding hydrogens is 516 g/mol. The lowest BCUT2D eigenvalue weighted by Gasteiger charge is -2.45. The molecule has 202 valence electrons. The second-order valence-electron chi connectivity index (χ2n) is 10.6. The molecule has 39 heavy (non-hydrogen) atoms. The number of carbonyl (C=O) groups excluding carboxylic acids is 2. The average molecular weight is 547 g/mol. The molecule has 0 atom stereocenters. The smallest absolute Gasteiger partial charge is 0.260 e. The number of aromatic nitrogens is 5. The Bertz CT molecular complexity index is 1580. The quantitative estimate of drug-likeness (QED) is 0.379. The van der Waals surface area contributed by atoms with E-state index in [1.54, 1.807) is 23.0 Å². The highest BCUT2D eigenvalue weighted by Gasteiger charge is 2.45. The van der Waals surface area contributed by atoms with Crippen LogP contribution in [0.25, 0.3) is 15.4 Å². The molecule has 12 heteroatoms. The van der Waals surface area contributed by atoms with Crippen molar-refractivity contribution >= 4 is 39.4 Å². The Morgan fingerprint density at radius 3 is 2.82 bits per heavy atom. The van der Waals surface area contributed by atoms with Crippen LogP contribution in [0.1, 0.15) is 54.0 Å². The second-order valence-corrected chi connectivity index (χ2v) is 11.7. The first-order chi connectivity index (χ1) is 19.0. The van der Waals surface area contributed by atoms with Crippen molar-refractivity contribution in [2.45, 2.75) is 57.7 Å². The number of rotatable bonds is 6. The van der Waals surface area contributed by atoms with Gasteiger partial charge in [-0.2, -0.15) is 5.10 Å². The maximum absolute atomic E-state index is 13.3. The molecule has 1 spiro atoms. The summed E-state index contributed by atoms with van der Waals surface area (Å²) in [5, 5.41) is 10.4. The van der Waals surface area contributed by atoms with Gasteiger partial charge in [-0.05, 0) is 51.6 Å². The zero-order chi connectivity index (χ0) is 26.6. The molecule has 1 aliphatic carbocycles. The van der Waals surface area contributed by atoms with E-state index >= 15 is 0 Å². The molecule has 1 saturated carbocycles. The van der Waals surface area contributed by atoms with Crippen LogP contribution in [0.4, 0.5) is 11.4 Å². The van der Waals surface area contributed by atoms with Crippen molar-refractivity contribution in [1.29, 1.82) is 0 Å². The standard InChI is InChI=1S/C27H30N8O3S/c1-17-20(10-18(11-28-17)31-24(36)15-33-7-3-6-27(33)4-2-5-27)32-25(37)19-12-30-35-14-22(39-26(19)35)21-13-29-23-16-38-9-8-34(21)23/h10-14H,2-9,15-16H2,1H3,(H,31,36)(H,32,37). The van der Waals surface area contributed by atoms with Crippen molar-refractivity contribution < 1.29 is 14.3 Å². The molecule has 0 unspecified atom stereocenters. The normalized spacial score (nSPS) is 18.3. The van der Waals surface area contributed by atoms with E-state index in [0.29, 0.717) is 42.4 Å². The Morgan fingerprint density at radius 1 is 1.10 bits per heavy atom. The molecule has 3 aliphatic rings. The molecule has 7 rings (SSSR count). The first-order valence-corrected chi connectivity index (χ1v) is 14.2. The molecule has 2 fully saturated rings. The van der Waals surface area contributed by atoms with Crippen molar-refractivity contribution in [3.8, 4) is 10.6 Å². The van der Waals surface area contributed by atoms with Gasteiger partial charge in [-0.3, -0.25) is 19.5 Å². The lowest BCUT2D eigenvalue weighted by molar-refractivity contribution is -0.119. The van der Waals surface area contributed by atoms with E-state index < -0.39 is 0 Å². The number of anilines is 2. The van der Waals surface area contributed by atoms with Crippen molar-refractivity contribution in [2.75, 3.05) is 30.3 Å². The van der Waals surface area contributed by atoms with Gasteiger partial charge in [0.25, 0.3) is 5.91 Å². The molecule has 1 saturated heterocycles. The summed E-state index contributed by atoms with van der Waals surface area (Å²) in [6, 6.07) is 1.77. The summed E-state index contributed by atoms with van der Waals surface area (Å²) in [6.07, 6.45) is 13.0. The van der Waals surface area contributed by atoms with Gasteiger partial charge in [0.05, 0.1) is 64.9 Å².